The van der Waals surface area contributed by atoms with Gasteiger partial charge < -0.3 is 10.1 Å². The summed E-state index contributed by atoms with van der Waals surface area (Å²) < 4.78 is 5.33. The van der Waals surface area contributed by atoms with E-state index in [9.17, 15) is 4.79 Å². The van der Waals surface area contributed by atoms with Crippen LogP contribution < -0.4 is 10.1 Å². The minimum absolute atomic E-state index is 0.0191. The van der Waals surface area contributed by atoms with Crippen molar-refractivity contribution in [3.63, 3.8) is 0 Å². The molecule has 1 saturated carbocycles. The highest BCUT2D eigenvalue weighted by Crippen LogP contribution is 2.35. The zero-order valence-corrected chi connectivity index (χ0v) is 14.9. The summed E-state index contributed by atoms with van der Waals surface area (Å²) in [6.07, 6.45) is 10.2. The lowest BCUT2D eigenvalue weighted by molar-refractivity contribution is 0.0326. The summed E-state index contributed by atoms with van der Waals surface area (Å²) in [6, 6.07) is 7.46. The van der Waals surface area contributed by atoms with Gasteiger partial charge in [-0.2, -0.15) is 0 Å². The predicted molar refractivity (Wildman–Crippen MR) is 96.6 cm³/mol. The molecule has 1 heterocycles. The van der Waals surface area contributed by atoms with Gasteiger partial charge in [0.2, 0.25) is 0 Å². The molecule has 1 N–H and O–H groups in total. The monoisotopic (exact) mass is 330 g/mol. The molecule has 2 aliphatic rings. The average molecular weight is 330 g/mol. The first-order valence-electron chi connectivity index (χ1n) is 9.41. The van der Waals surface area contributed by atoms with Crippen molar-refractivity contribution < 1.29 is 9.53 Å². The maximum Gasteiger partial charge on any atom is 0.255 e. The summed E-state index contributed by atoms with van der Waals surface area (Å²) in [7, 11) is 1.61. The Morgan fingerprint density at radius 2 is 1.75 bits per heavy atom. The second kappa shape index (κ2) is 8.02. The number of carbonyl (C=O) groups is 1. The Morgan fingerprint density at radius 3 is 2.46 bits per heavy atom. The van der Waals surface area contributed by atoms with Gasteiger partial charge in [-0.3, -0.25) is 9.69 Å². The largest absolute Gasteiger partial charge is 0.496 e. The summed E-state index contributed by atoms with van der Waals surface area (Å²) in [6.45, 7) is 3.12. The van der Waals surface area contributed by atoms with E-state index in [2.05, 4.69) is 10.2 Å². The molecule has 4 heteroatoms. The van der Waals surface area contributed by atoms with Crippen molar-refractivity contribution in [2.24, 2.45) is 0 Å². The van der Waals surface area contributed by atoms with Gasteiger partial charge in [0.15, 0.2) is 0 Å². The molecular formula is C20H30N2O2. The Balaban J connectivity index is 1.70. The zero-order valence-electron chi connectivity index (χ0n) is 14.9. The van der Waals surface area contributed by atoms with Crippen LogP contribution >= 0.6 is 0 Å². The molecular weight excluding hydrogens is 300 g/mol. The Bertz CT molecular complexity index is 546. The quantitative estimate of drug-likeness (QED) is 0.896. The van der Waals surface area contributed by atoms with Gasteiger partial charge in [0, 0.05) is 12.1 Å². The highest BCUT2D eigenvalue weighted by atomic mass is 16.5. The van der Waals surface area contributed by atoms with E-state index in [1.165, 1.54) is 64.5 Å². The number of ether oxygens (including phenoxy) is 1. The molecule has 1 aromatic rings. The predicted octanol–water partition coefficient (Wildman–Crippen LogP) is 3.61. The number of amides is 1. The second-order valence-corrected chi connectivity index (χ2v) is 7.22. The molecule has 132 valence electrons. The fraction of sp³-hybridized carbons (Fsp3) is 0.650. The first-order valence-corrected chi connectivity index (χ1v) is 9.41. The Hall–Kier alpha value is -1.55. The van der Waals surface area contributed by atoms with E-state index in [1.54, 1.807) is 7.11 Å². The standard InChI is InChI=1S/C20H30N2O2/c1-24-18-11-5-4-10-17(18)19(23)21-16-20(12-6-2-7-13-20)22-14-8-3-9-15-22/h4-5,10-11H,2-3,6-9,12-16H2,1H3,(H,21,23). The normalized spacial score (nSPS) is 21.2. The minimum Gasteiger partial charge on any atom is -0.496 e. The molecule has 2 fully saturated rings. The van der Waals surface area contributed by atoms with Crippen LogP contribution in [0, 0.1) is 0 Å². The Labute approximate surface area is 145 Å². The van der Waals surface area contributed by atoms with Crippen LogP contribution in [-0.4, -0.2) is 43.1 Å². The van der Waals surface area contributed by atoms with E-state index in [0.29, 0.717) is 11.3 Å². The number of rotatable bonds is 5. The highest BCUT2D eigenvalue weighted by Gasteiger charge is 2.38. The topological polar surface area (TPSA) is 41.6 Å². The molecule has 1 amide bonds. The number of carbonyl (C=O) groups excluding carboxylic acids is 1. The van der Waals surface area contributed by atoms with Crippen molar-refractivity contribution in [1.29, 1.82) is 0 Å². The van der Waals surface area contributed by atoms with Crippen molar-refractivity contribution in [1.82, 2.24) is 10.2 Å². The van der Waals surface area contributed by atoms with Gasteiger partial charge in [0.25, 0.3) is 5.91 Å². The third kappa shape index (κ3) is 3.75. The van der Waals surface area contributed by atoms with Crippen LogP contribution in [0.2, 0.25) is 0 Å². The molecule has 24 heavy (non-hydrogen) atoms. The summed E-state index contributed by atoms with van der Waals surface area (Å²) in [5.74, 6) is 0.625. The molecule has 0 unspecified atom stereocenters. The van der Waals surface area contributed by atoms with Crippen molar-refractivity contribution >= 4 is 5.91 Å². The van der Waals surface area contributed by atoms with Gasteiger partial charge in [0.1, 0.15) is 5.75 Å². The van der Waals surface area contributed by atoms with Gasteiger partial charge in [-0.15, -0.1) is 0 Å². The van der Waals surface area contributed by atoms with E-state index in [4.69, 9.17) is 4.74 Å². The van der Waals surface area contributed by atoms with Crippen molar-refractivity contribution in [3.05, 3.63) is 29.8 Å². The highest BCUT2D eigenvalue weighted by molar-refractivity contribution is 5.96. The van der Waals surface area contributed by atoms with E-state index in [1.807, 2.05) is 24.3 Å². The number of methoxy groups -OCH3 is 1. The molecule has 3 rings (SSSR count). The SMILES string of the molecule is COc1ccccc1C(=O)NCC1(N2CCCCC2)CCCCC1. The molecule has 4 nitrogen and oxygen atoms in total. The fourth-order valence-electron chi connectivity index (χ4n) is 4.36. The molecule has 0 bridgehead atoms. The molecule has 1 aliphatic heterocycles. The van der Waals surface area contributed by atoms with Gasteiger partial charge in [-0.25, -0.2) is 0 Å². The lowest BCUT2D eigenvalue weighted by atomic mass is 9.79. The maximum atomic E-state index is 12.7. The van der Waals surface area contributed by atoms with Gasteiger partial charge in [-0.05, 0) is 50.9 Å². The molecule has 0 radical (unpaired) electrons. The van der Waals surface area contributed by atoms with E-state index < -0.39 is 0 Å². The second-order valence-electron chi connectivity index (χ2n) is 7.22. The van der Waals surface area contributed by atoms with E-state index >= 15 is 0 Å². The van der Waals surface area contributed by atoms with E-state index in [0.717, 1.165) is 6.54 Å². The number of likely N-dealkylation sites (tertiary alicyclic amines) is 1. The molecule has 0 spiro atoms. The third-order valence-electron chi connectivity index (χ3n) is 5.74. The number of piperidine rings is 1. The Kier molecular flexibility index (Phi) is 5.77. The average Bonchev–Trinajstić information content (AvgIpc) is 2.67. The molecule has 1 aromatic carbocycles. The molecule has 1 aliphatic carbocycles. The van der Waals surface area contributed by atoms with Crippen LogP contribution in [0.1, 0.15) is 61.7 Å². The summed E-state index contributed by atoms with van der Waals surface area (Å²) >= 11 is 0. The Morgan fingerprint density at radius 1 is 1.08 bits per heavy atom. The lowest BCUT2D eigenvalue weighted by Gasteiger charge is -2.48. The van der Waals surface area contributed by atoms with Crippen LogP contribution in [0.4, 0.5) is 0 Å². The molecule has 0 atom stereocenters. The smallest absolute Gasteiger partial charge is 0.255 e. The maximum absolute atomic E-state index is 12.7. The molecule has 1 saturated heterocycles. The number of benzene rings is 1. The number of nitrogens with one attached hydrogen (secondary N) is 1. The van der Waals surface area contributed by atoms with Crippen LogP contribution in [-0.2, 0) is 0 Å². The van der Waals surface area contributed by atoms with Gasteiger partial charge in [-0.1, -0.05) is 37.8 Å². The van der Waals surface area contributed by atoms with Gasteiger partial charge in [0.05, 0.1) is 12.7 Å². The number of para-hydroxylation sites is 1. The summed E-state index contributed by atoms with van der Waals surface area (Å²) in [5.41, 5.74) is 0.792. The number of hydrogen-bond acceptors (Lipinski definition) is 3. The summed E-state index contributed by atoms with van der Waals surface area (Å²) in [5, 5.41) is 3.22. The van der Waals surface area contributed by atoms with Crippen molar-refractivity contribution in [2.45, 2.75) is 56.9 Å². The first-order chi connectivity index (χ1) is 11.7. The van der Waals surface area contributed by atoms with Crippen LogP contribution in [0.5, 0.6) is 5.75 Å². The van der Waals surface area contributed by atoms with Gasteiger partial charge >= 0.3 is 0 Å². The lowest BCUT2D eigenvalue weighted by Crippen LogP contribution is -2.58. The summed E-state index contributed by atoms with van der Waals surface area (Å²) in [4.78, 5) is 15.3. The zero-order chi connectivity index (χ0) is 16.8. The van der Waals surface area contributed by atoms with E-state index in [-0.39, 0.29) is 11.4 Å². The molecule has 0 aromatic heterocycles. The van der Waals surface area contributed by atoms with Crippen molar-refractivity contribution in [2.75, 3.05) is 26.7 Å². The number of hydrogen-bond donors (Lipinski definition) is 1. The van der Waals surface area contributed by atoms with Crippen LogP contribution in [0.25, 0.3) is 0 Å². The van der Waals surface area contributed by atoms with Crippen molar-refractivity contribution in [3.8, 4) is 5.75 Å². The minimum atomic E-state index is -0.0191. The van der Waals surface area contributed by atoms with Crippen LogP contribution in [0.3, 0.4) is 0 Å². The van der Waals surface area contributed by atoms with Crippen LogP contribution in [0.15, 0.2) is 24.3 Å². The fourth-order valence-corrected chi connectivity index (χ4v) is 4.36. The third-order valence-corrected chi connectivity index (χ3v) is 5.74. The number of nitrogens with zero attached hydrogens (tertiary/aromatic N) is 1. The first kappa shape index (κ1) is 17.3.